The smallest absolute Gasteiger partial charge is 0.257 e. The van der Waals surface area contributed by atoms with E-state index in [-0.39, 0.29) is 5.91 Å². The van der Waals surface area contributed by atoms with Gasteiger partial charge in [0, 0.05) is 29.4 Å². The number of carbonyl (C=O) groups excluding carboxylic acids is 1. The molecule has 0 radical (unpaired) electrons. The Labute approximate surface area is 143 Å². The summed E-state index contributed by atoms with van der Waals surface area (Å²) in [5.74, 6) is -0.155. The van der Waals surface area contributed by atoms with Crippen molar-refractivity contribution in [1.82, 2.24) is 4.98 Å². The van der Waals surface area contributed by atoms with Gasteiger partial charge in [0.1, 0.15) is 0 Å². The highest BCUT2D eigenvalue weighted by Gasteiger charge is 2.14. The predicted molar refractivity (Wildman–Crippen MR) is 94.1 cm³/mol. The van der Waals surface area contributed by atoms with E-state index in [4.69, 9.17) is 4.74 Å². The number of rotatable bonds is 3. The molecule has 1 saturated heterocycles. The van der Waals surface area contributed by atoms with Gasteiger partial charge in [-0.15, -0.1) is 0 Å². The average molecular weight is 376 g/mol. The number of nitrogens with zero attached hydrogens (tertiary/aromatic N) is 2. The van der Waals surface area contributed by atoms with Crippen LogP contribution in [0.5, 0.6) is 0 Å². The van der Waals surface area contributed by atoms with Crippen molar-refractivity contribution in [2.45, 2.75) is 6.92 Å². The summed E-state index contributed by atoms with van der Waals surface area (Å²) in [6, 6.07) is 7.64. The second kappa shape index (κ2) is 7.10. The van der Waals surface area contributed by atoms with Crippen molar-refractivity contribution in [3.63, 3.8) is 0 Å². The number of ether oxygens (including phenoxy) is 1. The minimum atomic E-state index is -0.155. The molecule has 1 aliphatic rings. The molecule has 5 nitrogen and oxygen atoms in total. The molecule has 1 aromatic carbocycles. The second-order valence-corrected chi connectivity index (χ2v) is 6.36. The highest BCUT2D eigenvalue weighted by Crippen LogP contribution is 2.21. The normalized spacial score (nSPS) is 14.6. The van der Waals surface area contributed by atoms with Crippen LogP contribution in [0.4, 0.5) is 11.4 Å². The minimum absolute atomic E-state index is 0.155. The van der Waals surface area contributed by atoms with Gasteiger partial charge in [-0.05, 0) is 36.8 Å². The standard InChI is InChI=1S/C17H18BrN3O2/c1-12-8-14(18)2-3-16(12)20-17(22)13-9-15(11-19-10-13)21-4-6-23-7-5-21/h2-3,8-11H,4-7H2,1H3,(H,20,22). The molecule has 0 atom stereocenters. The van der Waals surface area contributed by atoms with Crippen LogP contribution >= 0.6 is 15.9 Å². The molecule has 1 aromatic heterocycles. The van der Waals surface area contributed by atoms with Crippen molar-refractivity contribution in [2.75, 3.05) is 36.5 Å². The molecule has 1 aliphatic heterocycles. The molecule has 23 heavy (non-hydrogen) atoms. The monoisotopic (exact) mass is 375 g/mol. The van der Waals surface area contributed by atoms with Gasteiger partial charge < -0.3 is 15.0 Å². The fourth-order valence-electron chi connectivity index (χ4n) is 2.51. The summed E-state index contributed by atoms with van der Waals surface area (Å²) < 4.78 is 6.35. The molecule has 0 unspecified atom stereocenters. The first-order valence-electron chi connectivity index (χ1n) is 7.49. The SMILES string of the molecule is Cc1cc(Br)ccc1NC(=O)c1cncc(N2CCOCC2)c1. The lowest BCUT2D eigenvalue weighted by molar-refractivity contribution is 0.102. The highest BCUT2D eigenvalue weighted by molar-refractivity contribution is 9.10. The molecular weight excluding hydrogens is 358 g/mol. The third kappa shape index (κ3) is 3.89. The number of aryl methyl sites for hydroxylation is 1. The third-order valence-corrected chi connectivity index (χ3v) is 4.29. The number of halogens is 1. The number of hydrogen-bond acceptors (Lipinski definition) is 4. The van der Waals surface area contributed by atoms with Gasteiger partial charge in [0.25, 0.3) is 5.91 Å². The van der Waals surface area contributed by atoms with E-state index in [9.17, 15) is 4.79 Å². The van der Waals surface area contributed by atoms with Crippen LogP contribution in [-0.2, 0) is 4.74 Å². The molecule has 120 valence electrons. The molecule has 0 bridgehead atoms. The molecule has 1 amide bonds. The lowest BCUT2D eigenvalue weighted by Crippen LogP contribution is -2.36. The van der Waals surface area contributed by atoms with Gasteiger partial charge in [-0.3, -0.25) is 9.78 Å². The Balaban J connectivity index is 1.76. The van der Waals surface area contributed by atoms with Crippen molar-refractivity contribution in [2.24, 2.45) is 0 Å². The maximum Gasteiger partial charge on any atom is 0.257 e. The zero-order chi connectivity index (χ0) is 16.2. The van der Waals surface area contributed by atoms with Gasteiger partial charge in [-0.1, -0.05) is 15.9 Å². The van der Waals surface area contributed by atoms with Gasteiger partial charge in [-0.2, -0.15) is 0 Å². The number of carbonyl (C=O) groups is 1. The van der Waals surface area contributed by atoms with Gasteiger partial charge in [0.2, 0.25) is 0 Å². The molecule has 0 spiro atoms. The Kier molecular flexibility index (Phi) is 4.93. The van der Waals surface area contributed by atoms with Crippen LogP contribution < -0.4 is 10.2 Å². The Bertz CT molecular complexity index is 715. The summed E-state index contributed by atoms with van der Waals surface area (Å²) in [4.78, 5) is 18.9. The van der Waals surface area contributed by atoms with Crippen LogP contribution in [0.2, 0.25) is 0 Å². The van der Waals surface area contributed by atoms with Crippen LogP contribution in [0.1, 0.15) is 15.9 Å². The summed E-state index contributed by atoms with van der Waals surface area (Å²) in [7, 11) is 0. The topological polar surface area (TPSA) is 54.5 Å². The summed E-state index contributed by atoms with van der Waals surface area (Å²) in [6.07, 6.45) is 3.38. The quantitative estimate of drug-likeness (QED) is 0.894. The molecule has 1 fully saturated rings. The first-order valence-corrected chi connectivity index (χ1v) is 8.28. The fourth-order valence-corrected chi connectivity index (χ4v) is 2.98. The largest absolute Gasteiger partial charge is 0.378 e. The van der Waals surface area contributed by atoms with E-state index < -0.39 is 0 Å². The van der Waals surface area contributed by atoms with Crippen molar-refractivity contribution >= 4 is 33.2 Å². The average Bonchev–Trinajstić information content (AvgIpc) is 2.58. The van der Waals surface area contributed by atoms with Crippen LogP contribution in [0, 0.1) is 6.92 Å². The number of benzene rings is 1. The fraction of sp³-hybridized carbons (Fsp3) is 0.294. The molecular formula is C17H18BrN3O2. The Morgan fingerprint density at radius 1 is 1.26 bits per heavy atom. The van der Waals surface area contributed by atoms with E-state index in [1.54, 1.807) is 12.4 Å². The summed E-state index contributed by atoms with van der Waals surface area (Å²) in [6.45, 7) is 5.00. The van der Waals surface area contributed by atoms with E-state index in [1.165, 1.54) is 0 Å². The maximum absolute atomic E-state index is 12.5. The van der Waals surface area contributed by atoms with E-state index in [0.717, 1.165) is 34.5 Å². The van der Waals surface area contributed by atoms with Crippen LogP contribution in [-0.4, -0.2) is 37.2 Å². The lowest BCUT2D eigenvalue weighted by Gasteiger charge is -2.28. The van der Waals surface area contributed by atoms with Crippen LogP contribution in [0.25, 0.3) is 0 Å². The number of amides is 1. The number of nitrogens with one attached hydrogen (secondary N) is 1. The first-order chi connectivity index (χ1) is 11.1. The zero-order valence-corrected chi connectivity index (χ0v) is 14.5. The number of pyridine rings is 1. The number of aromatic nitrogens is 1. The van der Waals surface area contributed by atoms with Crippen molar-refractivity contribution in [3.8, 4) is 0 Å². The molecule has 6 heteroatoms. The number of anilines is 2. The predicted octanol–water partition coefficient (Wildman–Crippen LogP) is 3.24. The van der Waals surface area contributed by atoms with E-state index in [1.807, 2.05) is 31.2 Å². The second-order valence-electron chi connectivity index (χ2n) is 5.44. The molecule has 1 N–H and O–H groups in total. The first kappa shape index (κ1) is 16.0. The highest BCUT2D eigenvalue weighted by atomic mass is 79.9. The third-order valence-electron chi connectivity index (χ3n) is 3.80. The minimum Gasteiger partial charge on any atom is -0.378 e. The van der Waals surface area contributed by atoms with Crippen molar-refractivity contribution in [3.05, 3.63) is 52.3 Å². The van der Waals surface area contributed by atoms with Crippen LogP contribution in [0.3, 0.4) is 0 Å². The van der Waals surface area contributed by atoms with Crippen LogP contribution in [0.15, 0.2) is 41.1 Å². The van der Waals surface area contributed by atoms with Gasteiger partial charge in [-0.25, -0.2) is 0 Å². The van der Waals surface area contributed by atoms with E-state index >= 15 is 0 Å². The molecule has 2 aromatic rings. The van der Waals surface area contributed by atoms with E-state index in [0.29, 0.717) is 18.8 Å². The number of hydrogen-bond donors (Lipinski definition) is 1. The summed E-state index contributed by atoms with van der Waals surface area (Å²) >= 11 is 3.42. The van der Waals surface area contributed by atoms with Gasteiger partial charge >= 0.3 is 0 Å². The van der Waals surface area contributed by atoms with Gasteiger partial charge in [0.15, 0.2) is 0 Å². The summed E-state index contributed by atoms with van der Waals surface area (Å²) in [5.41, 5.74) is 3.31. The van der Waals surface area contributed by atoms with Crippen molar-refractivity contribution in [1.29, 1.82) is 0 Å². The summed E-state index contributed by atoms with van der Waals surface area (Å²) in [5, 5.41) is 2.94. The zero-order valence-electron chi connectivity index (χ0n) is 12.9. The molecule has 2 heterocycles. The molecule has 3 rings (SSSR count). The molecule has 0 saturated carbocycles. The Hall–Kier alpha value is -1.92. The molecule has 0 aliphatic carbocycles. The Morgan fingerprint density at radius 3 is 2.78 bits per heavy atom. The lowest BCUT2D eigenvalue weighted by atomic mass is 10.2. The van der Waals surface area contributed by atoms with Crippen molar-refractivity contribution < 1.29 is 9.53 Å². The van der Waals surface area contributed by atoms with Gasteiger partial charge in [0.05, 0.1) is 30.7 Å². The Morgan fingerprint density at radius 2 is 2.04 bits per heavy atom. The van der Waals surface area contributed by atoms with E-state index in [2.05, 4.69) is 31.1 Å². The maximum atomic E-state index is 12.5. The number of morpholine rings is 1.